The lowest BCUT2D eigenvalue weighted by Crippen LogP contribution is -2.57. The van der Waals surface area contributed by atoms with Gasteiger partial charge in [0.05, 0.1) is 25.5 Å². The number of hydrogen-bond donors (Lipinski definition) is 5. The van der Waals surface area contributed by atoms with Crippen LogP contribution in [-0.2, 0) is 37.0 Å². The fourth-order valence-corrected chi connectivity index (χ4v) is 7.98. The second kappa shape index (κ2) is 17.6. The first kappa shape index (κ1) is 38.2. The maximum Gasteiger partial charge on any atom is 0.247 e. The Bertz CT molecular complexity index is 1920. The summed E-state index contributed by atoms with van der Waals surface area (Å²) in [6.07, 6.45) is 1.76. The summed E-state index contributed by atoms with van der Waals surface area (Å²) in [7, 11) is 0. The van der Waals surface area contributed by atoms with E-state index >= 15 is 0 Å². The van der Waals surface area contributed by atoms with Crippen LogP contribution >= 0.6 is 0 Å². The maximum atomic E-state index is 13.3. The van der Waals surface area contributed by atoms with E-state index in [0.717, 1.165) is 65.0 Å². The number of para-hydroxylation sites is 1. The van der Waals surface area contributed by atoms with Gasteiger partial charge in [-0.25, -0.2) is 5.48 Å². The van der Waals surface area contributed by atoms with Crippen LogP contribution in [0.15, 0.2) is 103 Å². The molecule has 12 heteroatoms. The minimum absolute atomic E-state index is 0.0241. The first-order valence-corrected chi connectivity index (χ1v) is 19.1. The summed E-state index contributed by atoms with van der Waals surface area (Å²) in [5.41, 5.74) is 7.78. The molecule has 0 aromatic heterocycles. The van der Waals surface area contributed by atoms with E-state index in [1.54, 1.807) is 5.48 Å². The van der Waals surface area contributed by atoms with Crippen molar-refractivity contribution >= 4 is 23.4 Å². The Labute approximate surface area is 321 Å². The highest BCUT2D eigenvalue weighted by atomic mass is 16.7. The van der Waals surface area contributed by atoms with Crippen LogP contribution in [-0.4, -0.2) is 70.9 Å². The normalized spacial score (nSPS) is 20.9. The molecule has 0 saturated carbocycles. The van der Waals surface area contributed by atoms with Crippen LogP contribution in [0.1, 0.15) is 73.2 Å². The van der Waals surface area contributed by atoms with E-state index in [9.17, 15) is 19.5 Å². The number of benzene rings is 4. The molecule has 3 heterocycles. The molecule has 55 heavy (non-hydrogen) atoms. The Hall–Kier alpha value is -5.11. The predicted molar refractivity (Wildman–Crippen MR) is 206 cm³/mol. The van der Waals surface area contributed by atoms with Crippen molar-refractivity contribution in [3.05, 3.63) is 125 Å². The number of carbonyl (C=O) groups is 3. The zero-order valence-corrected chi connectivity index (χ0v) is 30.9. The van der Waals surface area contributed by atoms with Crippen molar-refractivity contribution in [2.45, 2.75) is 75.7 Å². The van der Waals surface area contributed by atoms with Crippen LogP contribution in [0.2, 0.25) is 0 Å². The third-order valence-electron chi connectivity index (χ3n) is 11.1. The van der Waals surface area contributed by atoms with Gasteiger partial charge in [-0.05, 0) is 59.2 Å². The number of amides is 3. The average molecular weight is 748 g/mol. The summed E-state index contributed by atoms with van der Waals surface area (Å²) in [6, 6.07) is 34.1. The minimum Gasteiger partial charge on any atom is -0.392 e. The summed E-state index contributed by atoms with van der Waals surface area (Å²) < 4.78 is 13.4. The van der Waals surface area contributed by atoms with Gasteiger partial charge >= 0.3 is 0 Å². The first-order valence-electron chi connectivity index (χ1n) is 19.1. The van der Waals surface area contributed by atoms with Gasteiger partial charge in [-0.2, -0.15) is 0 Å². The lowest BCUT2D eigenvalue weighted by atomic mass is 9.85. The van der Waals surface area contributed by atoms with E-state index in [4.69, 9.17) is 14.7 Å². The van der Waals surface area contributed by atoms with Crippen LogP contribution in [0.5, 0.6) is 0 Å². The first-order chi connectivity index (χ1) is 26.8. The van der Waals surface area contributed by atoms with Crippen molar-refractivity contribution in [1.82, 2.24) is 21.0 Å². The molecule has 4 aromatic rings. The Morgan fingerprint density at radius 3 is 2.25 bits per heavy atom. The Balaban J connectivity index is 1.03. The van der Waals surface area contributed by atoms with E-state index in [0.29, 0.717) is 32.6 Å². The van der Waals surface area contributed by atoms with Crippen molar-refractivity contribution < 1.29 is 34.2 Å². The van der Waals surface area contributed by atoms with Crippen LogP contribution < -0.4 is 21.0 Å². The molecule has 0 unspecified atom stereocenters. The van der Waals surface area contributed by atoms with Crippen molar-refractivity contribution in [2.24, 2.45) is 0 Å². The molecule has 3 fully saturated rings. The quantitative estimate of drug-likeness (QED) is 0.0928. The Morgan fingerprint density at radius 1 is 0.836 bits per heavy atom. The summed E-state index contributed by atoms with van der Waals surface area (Å²) >= 11 is 0. The number of rotatable bonds is 13. The molecule has 0 bridgehead atoms. The molecule has 3 atom stereocenters. The van der Waals surface area contributed by atoms with Gasteiger partial charge < -0.3 is 35.0 Å². The summed E-state index contributed by atoms with van der Waals surface area (Å²) in [6.45, 7) is 3.08. The van der Waals surface area contributed by atoms with Gasteiger partial charge in [-0.3, -0.25) is 19.6 Å². The molecule has 12 nitrogen and oxygen atoms in total. The number of piperidine rings is 1. The van der Waals surface area contributed by atoms with Gasteiger partial charge in [0.15, 0.2) is 6.29 Å². The number of nitrogens with one attached hydrogen (secondary N) is 3. The summed E-state index contributed by atoms with van der Waals surface area (Å²) in [5.74, 6) is -0.581. The van der Waals surface area contributed by atoms with E-state index in [2.05, 4.69) is 32.6 Å². The second-order valence-electron chi connectivity index (χ2n) is 14.6. The van der Waals surface area contributed by atoms with Gasteiger partial charge in [-0.1, -0.05) is 91.0 Å². The largest absolute Gasteiger partial charge is 0.392 e. The number of hydrogen-bond acceptors (Lipinski definition) is 9. The van der Waals surface area contributed by atoms with E-state index in [1.807, 2.05) is 91.0 Å². The van der Waals surface area contributed by atoms with Crippen LogP contribution in [0, 0.1) is 0 Å². The summed E-state index contributed by atoms with van der Waals surface area (Å²) in [4.78, 5) is 41.6. The number of anilines is 1. The molecule has 0 radical (unpaired) electrons. The molecule has 3 amide bonds. The highest BCUT2D eigenvalue weighted by Crippen LogP contribution is 2.40. The van der Waals surface area contributed by atoms with Crippen LogP contribution in [0.4, 0.5) is 5.69 Å². The molecule has 288 valence electrons. The second-order valence-corrected chi connectivity index (χ2v) is 14.6. The Kier molecular flexibility index (Phi) is 12.2. The summed E-state index contributed by atoms with van der Waals surface area (Å²) in [5, 5.41) is 24.3. The molecule has 3 saturated heterocycles. The van der Waals surface area contributed by atoms with Gasteiger partial charge in [0.1, 0.15) is 5.54 Å². The third kappa shape index (κ3) is 8.90. The molecule has 5 N–H and O–H groups in total. The molecule has 3 aliphatic rings. The highest BCUT2D eigenvalue weighted by molar-refractivity contribution is 5.93. The molecule has 1 spiro atoms. The lowest BCUT2D eigenvalue weighted by Gasteiger charge is -2.45. The molecular weight excluding hydrogens is 699 g/mol. The maximum absolute atomic E-state index is 13.3. The van der Waals surface area contributed by atoms with E-state index < -0.39 is 17.7 Å². The standard InChI is InChI=1S/C43H49N5O7/c49-28-30-13-15-32(16-14-30)38-25-36(27-47-23-21-43(22-24-47)42(52)45-29-48(43)35-8-2-1-3-9-35)54-41(55-38)33-19-17-31(18-20-33)37-10-5-4-7-34(37)26-44-39(50)11-6-12-40(51)46-53/h1-5,7-10,13-20,36,38,41,49,53H,6,11-12,21-29H2,(H,44,50)(H,45,52)(H,46,51)/t36-,38+,41+/m0/s1. The SMILES string of the molecule is O=C(CCCC(=O)NCc1ccccc1-c1ccc([C@@H]2O[C@H](CN3CCC4(CC3)C(=O)NCN4c3ccccc3)C[C@H](c3ccc(CO)cc3)O2)cc1)NO. The number of likely N-dealkylation sites (tertiary alicyclic amines) is 1. The molecule has 4 aromatic carbocycles. The number of nitrogens with zero attached hydrogens (tertiary/aromatic N) is 2. The van der Waals surface area contributed by atoms with Gasteiger partial charge in [-0.15, -0.1) is 0 Å². The van der Waals surface area contributed by atoms with Gasteiger partial charge in [0, 0.05) is 56.7 Å². The number of carbonyl (C=O) groups excluding carboxylic acids is 3. The van der Waals surface area contributed by atoms with Crippen LogP contribution in [0.25, 0.3) is 11.1 Å². The average Bonchev–Trinajstić information content (AvgIpc) is 3.55. The Morgan fingerprint density at radius 2 is 1.53 bits per heavy atom. The topological polar surface area (TPSA) is 153 Å². The molecule has 3 aliphatic heterocycles. The van der Waals surface area contributed by atoms with Crippen molar-refractivity contribution in [3.63, 3.8) is 0 Å². The minimum atomic E-state index is -0.608. The fraction of sp³-hybridized carbons (Fsp3) is 0.372. The van der Waals surface area contributed by atoms with Crippen molar-refractivity contribution in [1.29, 1.82) is 0 Å². The molecule has 0 aliphatic carbocycles. The fourth-order valence-electron chi connectivity index (χ4n) is 7.98. The van der Waals surface area contributed by atoms with E-state index in [1.165, 1.54) is 0 Å². The van der Waals surface area contributed by atoms with Gasteiger partial charge in [0.2, 0.25) is 17.7 Å². The molecule has 7 rings (SSSR count). The van der Waals surface area contributed by atoms with Crippen molar-refractivity contribution in [3.8, 4) is 11.1 Å². The number of hydroxylamine groups is 1. The van der Waals surface area contributed by atoms with Gasteiger partial charge in [0.25, 0.3) is 0 Å². The predicted octanol–water partition coefficient (Wildman–Crippen LogP) is 5.11. The molecular formula is C43H49N5O7. The smallest absolute Gasteiger partial charge is 0.247 e. The number of aliphatic hydroxyl groups excluding tert-OH is 1. The number of aliphatic hydroxyl groups is 1. The zero-order chi connectivity index (χ0) is 38.2. The van der Waals surface area contributed by atoms with Crippen molar-refractivity contribution in [2.75, 3.05) is 31.2 Å². The zero-order valence-electron chi connectivity index (χ0n) is 30.9. The van der Waals surface area contributed by atoms with Crippen LogP contribution in [0.3, 0.4) is 0 Å². The number of ether oxygens (including phenoxy) is 2. The highest BCUT2D eigenvalue weighted by Gasteiger charge is 2.50. The third-order valence-corrected chi connectivity index (χ3v) is 11.1. The lowest BCUT2D eigenvalue weighted by molar-refractivity contribution is -0.253. The monoisotopic (exact) mass is 747 g/mol. The van der Waals surface area contributed by atoms with E-state index in [-0.39, 0.29) is 43.5 Å².